The molecular formula is C17H26N2O2. The Morgan fingerprint density at radius 1 is 1.24 bits per heavy atom. The molecule has 2 heterocycles. The van der Waals surface area contributed by atoms with Gasteiger partial charge in [-0.15, -0.1) is 0 Å². The van der Waals surface area contributed by atoms with E-state index >= 15 is 0 Å². The summed E-state index contributed by atoms with van der Waals surface area (Å²) in [5, 5.41) is 3.38. The van der Waals surface area contributed by atoms with Gasteiger partial charge in [0, 0.05) is 31.7 Å². The lowest BCUT2D eigenvalue weighted by Gasteiger charge is -2.23. The van der Waals surface area contributed by atoms with Gasteiger partial charge in [-0.3, -0.25) is 4.90 Å². The van der Waals surface area contributed by atoms with Crippen molar-refractivity contribution in [2.75, 3.05) is 32.8 Å². The van der Waals surface area contributed by atoms with E-state index in [0.717, 1.165) is 45.1 Å². The first-order valence-electron chi connectivity index (χ1n) is 8.14. The molecule has 116 valence electrons. The molecule has 0 bridgehead atoms. The van der Waals surface area contributed by atoms with Crippen LogP contribution in [0.5, 0.6) is 5.75 Å². The van der Waals surface area contributed by atoms with Gasteiger partial charge in [0.1, 0.15) is 12.4 Å². The number of hydrogen-bond acceptors (Lipinski definition) is 4. The predicted molar refractivity (Wildman–Crippen MR) is 83.7 cm³/mol. The van der Waals surface area contributed by atoms with Crippen LogP contribution in [-0.4, -0.2) is 49.9 Å². The van der Waals surface area contributed by atoms with Gasteiger partial charge >= 0.3 is 0 Å². The molecule has 4 nitrogen and oxygen atoms in total. The second-order valence-corrected chi connectivity index (χ2v) is 5.96. The first kappa shape index (κ1) is 14.8. The number of nitrogens with one attached hydrogen (secondary N) is 1. The minimum atomic E-state index is 0.374. The third kappa shape index (κ3) is 3.96. The lowest BCUT2D eigenvalue weighted by atomic mass is 10.1. The number of ether oxygens (including phenoxy) is 2. The lowest BCUT2D eigenvalue weighted by Crippen LogP contribution is -2.35. The van der Waals surface area contributed by atoms with Gasteiger partial charge in [0.25, 0.3) is 0 Å². The van der Waals surface area contributed by atoms with Crippen LogP contribution in [0.2, 0.25) is 0 Å². The average molecular weight is 290 g/mol. The summed E-state index contributed by atoms with van der Waals surface area (Å²) in [5.41, 5.74) is 1.29. The number of likely N-dealkylation sites (N-methyl/N-ethyl adjacent to an activating group) is 1. The largest absolute Gasteiger partial charge is 0.492 e. The summed E-state index contributed by atoms with van der Waals surface area (Å²) in [4.78, 5) is 2.46. The quantitative estimate of drug-likeness (QED) is 0.900. The van der Waals surface area contributed by atoms with Crippen LogP contribution in [0, 0.1) is 0 Å². The molecule has 3 rings (SSSR count). The smallest absolute Gasteiger partial charge is 0.123 e. The highest BCUT2D eigenvalue weighted by molar-refractivity contribution is 5.33. The fraction of sp³-hybridized carbons (Fsp3) is 0.647. The number of benzene rings is 1. The molecule has 4 heteroatoms. The van der Waals surface area contributed by atoms with Crippen LogP contribution in [0.15, 0.2) is 24.3 Å². The zero-order valence-electron chi connectivity index (χ0n) is 12.9. The first-order chi connectivity index (χ1) is 10.3. The van der Waals surface area contributed by atoms with Crippen molar-refractivity contribution in [2.24, 2.45) is 0 Å². The number of hydrogen-bond donors (Lipinski definition) is 1. The van der Waals surface area contributed by atoms with E-state index in [-0.39, 0.29) is 0 Å². The van der Waals surface area contributed by atoms with Crippen molar-refractivity contribution in [3.63, 3.8) is 0 Å². The monoisotopic (exact) mass is 290 g/mol. The van der Waals surface area contributed by atoms with E-state index in [4.69, 9.17) is 9.47 Å². The highest BCUT2D eigenvalue weighted by atomic mass is 16.5. The molecular weight excluding hydrogens is 264 g/mol. The van der Waals surface area contributed by atoms with Gasteiger partial charge < -0.3 is 14.8 Å². The molecule has 2 atom stereocenters. The SMILES string of the molecule is CCNCC1CCC(CN2CCOc3ccccc3C2)O1. The first-order valence-corrected chi connectivity index (χ1v) is 8.14. The highest BCUT2D eigenvalue weighted by Crippen LogP contribution is 2.25. The minimum Gasteiger partial charge on any atom is -0.492 e. The Kier molecular flexibility index (Phi) is 5.12. The number of fused-ring (bicyclic) bond motifs is 1. The van der Waals surface area contributed by atoms with Crippen molar-refractivity contribution in [3.05, 3.63) is 29.8 Å². The summed E-state index contributed by atoms with van der Waals surface area (Å²) in [7, 11) is 0. The van der Waals surface area contributed by atoms with E-state index < -0.39 is 0 Å². The van der Waals surface area contributed by atoms with Gasteiger partial charge in [-0.1, -0.05) is 25.1 Å². The molecule has 2 aliphatic rings. The summed E-state index contributed by atoms with van der Waals surface area (Å²) >= 11 is 0. The molecule has 21 heavy (non-hydrogen) atoms. The zero-order chi connectivity index (χ0) is 14.5. The molecule has 2 unspecified atom stereocenters. The van der Waals surface area contributed by atoms with E-state index in [1.807, 2.05) is 6.07 Å². The summed E-state index contributed by atoms with van der Waals surface area (Å²) in [6.45, 7) is 7.87. The Hall–Kier alpha value is -1.10. The van der Waals surface area contributed by atoms with Crippen molar-refractivity contribution >= 4 is 0 Å². The Balaban J connectivity index is 1.52. The fourth-order valence-electron chi connectivity index (χ4n) is 3.19. The predicted octanol–water partition coefficient (Wildman–Crippen LogP) is 2.04. The average Bonchev–Trinajstić information content (AvgIpc) is 2.83. The third-order valence-corrected chi connectivity index (χ3v) is 4.31. The molecule has 2 aliphatic heterocycles. The molecule has 0 amide bonds. The number of rotatable bonds is 5. The summed E-state index contributed by atoms with van der Waals surface area (Å²) in [6, 6.07) is 8.36. The van der Waals surface area contributed by atoms with E-state index in [0.29, 0.717) is 12.2 Å². The van der Waals surface area contributed by atoms with Crippen LogP contribution in [0.1, 0.15) is 25.3 Å². The maximum atomic E-state index is 6.15. The van der Waals surface area contributed by atoms with Crippen LogP contribution in [0.4, 0.5) is 0 Å². The van der Waals surface area contributed by atoms with Crippen molar-refractivity contribution in [3.8, 4) is 5.75 Å². The lowest BCUT2D eigenvalue weighted by molar-refractivity contribution is 0.0213. The zero-order valence-corrected chi connectivity index (χ0v) is 12.9. The van der Waals surface area contributed by atoms with Gasteiger partial charge in [0.15, 0.2) is 0 Å². The Morgan fingerprint density at radius 3 is 3.00 bits per heavy atom. The minimum absolute atomic E-state index is 0.374. The van der Waals surface area contributed by atoms with Crippen molar-refractivity contribution in [1.82, 2.24) is 10.2 Å². The van der Waals surface area contributed by atoms with Crippen LogP contribution in [0.25, 0.3) is 0 Å². The summed E-state index contributed by atoms with van der Waals surface area (Å²) in [5.74, 6) is 1.04. The molecule has 0 radical (unpaired) electrons. The van der Waals surface area contributed by atoms with E-state index in [1.165, 1.54) is 18.4 Å². The van der Waals surface area contributed by atoms with Crippen LogP contribution >= 0.6 is 0 Å². The van der Waals surface area contributed by atoms with Crippen molar-refractivity contribution in [1.29, 1.82) is 0 Å². The molecule has 1 aromatic rings. The fourth-order valence-corrected chi connectivity index (χ4v) is 3.19. The molecule has 0 saturated carbocycles. The Bertz CT molecular complexity index is 452. The maximum Gasteiger partial charge on any atom is 0.123 e. The van der Waals surface area contributed by atoms with Crippen LogP contribution in [-0.2, 0) is 11.3 Å². The molecule has 0 aliphatic carbocycles. The summed E-state index contributed by atoms with van der Waals surface area (Å²) in [6.07, 6.45) is 3.12. The van der Waals surface area contributed by atoms with Crippen molar-refractivity contribution in [2.45, 2.75) is 38.5 Å². The van der Waals surface area contributed by atoms with E-state index in [2.05, 4.69) is 35.3 Å². The molecule has 1 N–H and O–H groups in total. The molecule has 0 spiro atoms. The normalized spacial score (nSPS) is 26.1. The second-order valence-electron chi connectivity index (χ2n) is 5.96. The number of nitrogens with zero attached hydrogens (tertiary/aromatic N) is 1. The standard InChI is InChI=1S/C17H26N2O2/c1-2-18-11-15-7-8-16(21-15)13-19-9-10-20-17-6-4-3-5-14(17)12-19/h3-6,15-16,18H,2,7-13H2,1H3. The van der Waals surface area contributed by atoms with Crippen molar-refractivity contribution < 1.29 is 9.47 Å². The van der Waals surface area contributed by atoms with Gasteiger partial charge in [0.2, 0.25) is 0 Å². The molecule has 1 aromatic carbocycles. The maximum absolute atomic E-state index is 6.15. The molecule has 1 fully saturated rings. The van der Waals surface area contributed by atoms with Crippen LogP contribution < -0.4 is 10.1 Å². The van der Waals surface area contributed by atoms with Crippen LogP contribution in [0.3, 0.4) is 0 Å². The van der Waals surface area contributed by atoms with Gasteiger partial charge in [-0.25, -0.2) is 0 Å². The Morgan fingerprint density at radius 2 is 2.10 bits per heavy atom. The molecule has 0 aromatic heterocycles. The second kappa shape index (κ2) is 7.25. The van der Waals surface area contributed by atoms with Gasteiger partial charge in [0.05, 0.1) is 12.2 Å². The van der Waals surface area contributed by atoms with E-state index in [1.54, 1.807) is 0 Å². The van der Waals surface area contributed by atoms with Gasteiger partial charge in [-0.05, 0) is 25.5 Å². The topological polar surface area (TPSA) is 33.7 Å². The summed E-state index contributed by atoms with van der Waals surface area (Å²) < 4.78 is 12.0. The number of para-hydroxylation sites is 1. The third-order valence-electron chi connectivity index (χ3n) is 4.31. The Labute approximate surface area is 127 Å². The van der Waals surface area contributed by atoms with E-state index in [9.17, 15) is 0 Å². The molecule has 1 saturated heterocycles. The highest BCUT2D eigenvalue weighted by Gasteiger charge is 2.27. The van der Waals surface area contributed by atoms with Gasteiger partial charge in [-0.2, -0.15) is 0 Å².